The lowest BCUT2D eigenvalue weighted by Gasteiger charge is -2.31. The van der Waals surface area contributed by atoms with Gasteiger partial charge in [-0.05, 0) is 51.2 Å². The third kappa shape index (κ3) is 5.17. The monoisotopic (exact) mass is 213 g/mol. The number of nitrogens with zero attached hydrogens (tertiary/aromatic N) is 1. The quantitative estimate of drug-likeness (QED) is 0.689. The maximum Gasteiger partial charge on any atom is 0.303 e. The molecule has 0 radical (unpaired) electrons. The number of carboxylic acids is 1. The number of carbonyl (C=O) groups is 1. The van der Waals surface area contributed by atoms with E-state index >= 15 is 0 Å². The maximum atomic E-state index is 10.3. The summed E-state index contributed by atoms with van der Waals surface area (Å²) in [6.07, 6.45) is 6.15. The lowest BCUT2D eigenvalue weighted by atomic mass is 9.94. The van der Waals surface area contributed by atoms with Gasteiger partial charge in [0, 0.05) is 6.42 Å². The molecule has 0 atom stereocenters. The summed E-state index contributed by atoms with van der Waals surface area (Å²) >= 11 is 0. The minimum absolute atomic E-state index is 0.325. The molecule has 1 N–H and O–H groups in total. The largest absolute Gasteiger partial charge is 0.481 e. The third-order valence-corrected chi connectivity index (χ3v) is 3.40. The highest BCUT2D eigenvalue weighted by molar-refractivity contribution is 5.66. The van der Waals surface area contributed by atoms with Crippen molar-refractivity contribution in [1.29, 1.82) is 0 Å². The molecule has 15 heavy (non-hydrogen) atoms. The van der Waals surface area contributed by atoms with Gasteiger partial charge in [-0.25, -0.2) is 0 Å². The molecule has 1 aliphatic heterocycles. The van der Waals surface area contributed by atoms with Crippen molar-refractivity contribution < 1.29 is 9.90 Å². The van der Waals surface area contributed by atoms with Crippen molar-refractivity contribution in [1.82, 2.24) is 4.90 Å². The smallest absolute Gasteiger partial charge is 0.303 e. The first-order valence-corrected chi connectivity index (χ1v) is 6.16. The van der Waals surface area contributed by atoms with E-state index in [-0.39, 0.29) is 0 Å². The normalized spacial score (nSPS) is 19.3. The van der Waals surface area contributed by atoms with Crippen LogP contribution >= 0.6 is 0 Å². The molecule has 0 bridgehead atoms. The van der Waals surface area contributed by atoms with Crippen LogP contribution in [-0.4, -0.2) is 35.6 Å². The van der Waals surface area contributed by atoms with Crippen molar-refractivity contribution in [3.63, 3.8) is 0 Å². The number of piperidine rings is 1. The molecule has 1 aliphatic rings. The fourth-order valence-corrected chi connectivity index (χ4v) is 2.23. The zero-order chi connectivity index (χ0) is 11.1. The van der Waals surface area contributed by atoms with Gasteiger partial charge in [0.25, 0.3) is 0 Å². The second-order valence-electron chi connectivity index (χ2n) is 4.54. The second-order valence-corrected chi connectivity index (χ2v) is 4.54. The molecule has 0 aromatic carbocycles. The van der Waals surface area contributed by atoms with Gasteiger partial charge < -0.3 is 10.0 Å². The summed E-state index contributed by atoms with van der Waals surface area (Å²) in [5.74, 6) is 0.264. The Hall–Kier alpha value is -0.570. The lowest BCUT2D eigenvalue weighted by Crippen LogP contribution is -2.34. The van der Waals surface area contributed by atoms with Crippen molar-refractivity contribution in [2.24, 2.45) is 5.92 Å². The highest BCUT2D eigenvalue weighted by Gasteiger charge is 2.16. The van der Waals surface area contributed by atoms with E-state index in [1.165, 1.54) is 32.4 Å². The van der Waals surface area contributed by atoms with E-state index in [2.05, 4.69) is 11.8 Å². The van der Waals surface area contributed by atoms with Crippen LogP contribution in [0.4, 0.5) is 0 Å². The Kier molecular flexibility index (Phi) is 5.69. The molecule has 0 aliphatic carbocycles. The summed E-state index contributed by atoms with van der Waals surface area (Å²) in [5, 5.41) is 8.50. The fourth-order valence-electron chi connectivity index (χ4n) is 2.23. The van der Waals surface area contributed by atoms with Crippen molar-refractivity contribution in [2.45, 2.75) is 45.4 Å². The van der Waals surface area contributed by atoms with Gasteiger partial charge in [0.1, 0.15) is 0 Å². The standard InChI is InChI=1S/C12H23NO2/c1-2-11-6-9-13(10-7-11)8-4-3-5-12(14)15/h11H,2-10H2,1H3,(H,14,15). The van der Waals surface area contributed by atoms with Gasteiger partial charge in [-0.15, -0.1) is 0 Å². The number of likely N-dealkylation sites (tertiary alicyclic amines) is 1. The van der Waals surface area contributed by atoms with Crippen LogP contribution in [-0.2, 0) is 4.79 Å². The van der Waals surface area contributed by atoms with Crippen LogP contribution in [0.2, 0.25) is 0 Å². The van der Waals surface area contributed by atoms with Gasteiger partial charge in [-0.1, -0.05) is 13.3 Å². The molecule has 1 fully saturated rings. The third-order valence-electron chi connectivity index (χ3n) is 3.40. The number of unbranched alkanes of at least 4 members (excludes halogenated alkanes) is 1. The molecule has 0 aromatic heterocycles. The summed E-state index contributed by atoms with van der Waals surface area (Å²) in [6.45, 7) is 5.79. The first-order chi connectivity index (χ1) is 7.22. The SMILES string of the molecule is CCC1CCN(CCCCC(=O)O)CC1. The molecule has 1 saturated heterocycles. The number of carboxylic acid groups (broad SMARTS) is 1. The highest BCUT2D eigenvalue weighted by Crippen LogP contribution is 2.19. The predicted octanol–water partition coefficient (Wildman–Crippen LogP) is 2.36. The Bertz CT molecular complexity index is 186. The first kappa shape index (κ1) is 12.5. The average molecular weight is 213 g/mol. The van der Waals surface area contributed by atoms with E-state index in [9.17, 15) is 4.79 Å². The summed E-state index contributed by atoms with van der Waals surface area (Å²) in [5.41, 5.74) is 0. The molecule has 3 heteroatoms. The van der Waals surface area contributed by atoms with Crippen molar-refractivity contribution in [3.05, 3.63) is 0 Å². The molecule has 3 nitrogen and oxygen atoms in total. The van der Waals surface area contributed by atoms with Gasteiger partial charge in [0.05, 0.1) is 0 Å². The minimum Gasteiger partial charge on any atom is -0.481 e. The van der Waals surface area contributed by atoms with Crippen molar-refractivity contribution >= 4 is 5.97 Å². The molecule has 0 saturated carbocycles. The predicted molar refractivity (Wildman–Crippen MR) is 60.9 cm³/mol. The Labute approximate surface area is 92.5 Å². The van der Waals surface area contributed by atoms with E-state index in [4.69, 9.17) is 5.11 Å². The summed E-state index contributed by atoms with van der Waals surface area (Å²) < 4.78 is 0. The highest BCUT2D eigenvalue weighted by atomic mass is 16.4. The molecule has 0 aromatic rings. The second kappa shape index (κ2) is 6.83. The maximum absolute atomic E-state index is 10.3. The molecule has 0 spiro atoms. The summed E-state index contributed by atoms with van der Waals surface area (Å²) in [4.78, 5) is 12.8. The van der Waals surface area contributed by atoms with E-state index in [0.29, 0.717) is 6.42 Å². The van der Waals surface area contributed by atoms with Gasteiger partial charge in [-0.2, -0.15) is 0 Å². The average Bonchev–Trinajstić information content (AvgIpc) is 2.25. The van der Waals surface area contributed by atoms with Crippen LogP contribution in [0.15, 0.2) is 0 Å². The lowest BCUT2D eigenvalue weighted by molar-refractivity contribution is -0.137. The fraction of sp³-hybridized carbons (Fsp3) is 0.917. The number of aliphatic carboxylic acids is 1. The van der Waals surface area contributed by atoms with Crippen LogP contribution in [0.25, 0.3) is 0 Å². The summed E-state index contributed by atoms with van der Waals surface area (Å²) in [7, 11) is 0. The first-order valence-electron chi connectivity index (χ1n) is 6.16. The van der Waals surface area contributed by atoms with Gasteiger partial charge in [-0.3, -0.25) is 4.79 Å². The zero-order valence-corrected chi connectivity index (χ0v) is 9.74. The number of rotatable bonds is 6. The molecule has 0 amide bonds. The topological polar surface area (TPSA) is 40.5 Å². The van der Waals surface area contributed by atoms with E-state index in [1.807, 2.05) is 0 Å². The van der Waals surface area contributed by atoms with Crippen molar-refractivity contribution in [2.75, 3.05) is 19.6 Å². The summed E-state index contributed by atoms with van der Waals surface area (Å²) in [6, 6.07) is 0. The Morgan fingerprint density at radius 1 is 1.33 bits per heavy atom. The van der Waals surface area contributed by atoms with Gasteiger partial charge in [0.2, 0.25) is 0 Å². The molecular formula is C12H23NO2. The molecule has 1 heterocycles. The Morgan fingerprint density at radius 3 is 2.53 bits per heavy atom. The van der Waals surface area contributed by atoms with Crippen LogP contribution < -0.4 is 0 Å². The number of hydrogen-bond donors (Lipinski definition) is 1. The van der Waals surface area contributed by atoms with Crippen LogP contribution in [0, 0.1) is 5.92 Å². The minimum atomic E-state index is -0.667. The van der Waals surface area contributed by atoms with Crippen LogP contribution in [0.3, 0.4) is 0 Å². The number of hydrogen-bond acceptors (Lipinski definition) is 2. The Morgan fingerprint density at radius 2 is 2.00 bits per heavy atom. The Balaban J connectivity index is 2.01. The molecule has 0 unspecified atom stereocenters. The van der Waals surface area contributed by atoms with Gasteiger partial charge in [0.15, 0.2) is 0 Å². The van der Waals surface area contributed by atoms with E-state index in [0.717, 1.165) is 25.3 Å². The van der Waals surface area contributed by atoms with E-state index < -0.39 is 5.97 Å². The molecule has 88 valence electrons. The van der Waals surface area contributed by atoms with E-state index in [1.54, 1.807) is 0 Å². The van der Waals surface area contributed by atoms with Crippen molar-refractivity contribution in [3.8, 4) is 0 Å². The van der Waals surface area contributed by atoms with Gasteiger partial charge >= 0.3 is 5.97 Å². The molecule has 1 rings (SSSR count). The zero-order valence-electron chi connectivity index (χ0n) is 9.74. The van der Waals surface area contributed by atoms with Crippen LogP contribution in [0.1, 0.15) is 45.4 Å². The molecular weight excluding hydrogens is 190 g/mol. The van der Waals surface area contributed by atoms with Crippen LogP contribution in [0.5, 0.6) is 0 Å².